The van der Waals surface area contributed by atoms with Crippen molar-refractivity contribution in [2.45, 2.75) is 52.4 Å². The maximum Gasteiger partial charge on any atom is 0.519 e. The van der Waals surface area contributed by atoms with E-state index in [-0.39, 0.29) is 10.8 Å². The highest BCUT2D eigenvalue weighted by atomic mass is 16.7. The first kappa shape index (κ1) is 21.4. The number of ether oxygens (including phenoxy) is 2. The molecule has 0 fully saturated rings. The molecule has 5 heteroatoms. The Bertz CT molecular complexity index is 825. The molecule has 0 aliphatic rings. The Labute approximate surface area is 165 Å². The fourth-order valence-electron chi connectivity index (χ4n) is 2.79. The minimum atomic E-state index is -0.881. The standard InChI is InChI=1S/C23H26O5/c1-22(2,3)17-11-15(13-24)7-9-19(17)27-21(26)28-20-10-8-16(14-25)12-18(20)23(4,5)6/h7-14H,1-6H3. The highest BCUT2D eigenvalue weighted by molar-refractivity contribution is 5.78. The molecule has 5 nitrogen and oxygen atoms in total. The number of hydrogen-bond acceptors (Lipinski definition) is 5. The van der Waals surface area contributed by atoms with Crippen LogP contribution >= 0.6 is 0 Å². The highest BCUT2D eigenvalue weighted by Gasteiger charge is 2.24. The topological polar surface area (TPSA) is 69.7 Å². The van der Waals surface area contributed by atoms with E-state index in [9.17, 15) is 14.4 Å². The summed E-state index contributed by atoms with van der Waals surface area (Å²) in [4.78, 5) is 34.6. The third-order valence-electron chi connectivity index (χ3n) is 4.28. The third kappa shape index (κ3) is 5.06. The summed E-state index contributed by atoms with van der Waals surface area (Å²) >= 11 is 0. The zero-order chi connectivity index (χ0) is 21.1. The second kappa shape index (κ2) is 7.97. The van der Waals surface area contributed by atoms with Gasteiger partial charge in [-0.25, -0.2) is 4.79 Å². The Hall–Kier alpha value is -2.95. The molecule has 2 aromatic carbocycles. The zero-order valence-electron chi connectivity index (χ0n) is 17.2. The van der Waals surface area contributed by atoms with Crippen LogP contribution in [0.4, 0.5) is 4.79 Å². The number of hydrogen-bond donors (Lipinski definition) is 0. The molecular formula is C23H26O5. The van der Waals surface area contributed by atoms with Crippen LogP contribution in [0.3, 0.4) is 0 Å². The molecule has 0 bridgehead atoms. The summed E-state index contributed by atoms with van der Waals surface area (Å²) in [6.45, 7) is 11.8. The van der Waals surface area contributed by atoms with E-state index in [0.717, 1.165) is 23.7 Å². The minimum absolute atomic E-state index is 0.336. The summed E-state index contributed by atoms with van der Waals surface area (Å²) in [6, 6.07) is 9.76. The van der Waals surface area contributed by atoms with Gasteiger partial charge in [-0.15, -0.1) is 0 Å². The molecule has 0 saturated heterocycles. The number of benzene rings is 2. The molecule has 0 amide bonds. The lowest BCUT2D eigenvalue weighted by Gasteiger charge is -2.24. The summed E-state index contributed by atoms with van der Waals surface area (Å²) in [5.41, 5.74) is 1.78. The van der Waals surface area contributed by atoms with Gasteiger partial charge in [0.25, 0.3) is 0 Å². The number of carbonyl (C=O) groups excluding carboxylic acids is 3. The second-order valence-electron chi connectivity index (χ2n) is 8.70. The molecule has 148 valence electrons. The van der Waals surface area contributed by atoms with E-state index < -0.39 is 6.16 Å². The fourth-order valence-corrected chi connectivity index (χ4v) is 2.79. The van der Waals surface area contributed by atoms with Gasteiger partial charge in [0.05, 0.1) is 0 Å². The zero-order valence-corrected chi connectivity index (χ0v) is 17.2. The molecule has 0 atom stereocenters. The molecule has 0 aromatic heterocycles. The molecule has 0 aliphatic heterocycles. The van der Waals surface area contributed by atoms with Crippen LogP contribution in [0.2, 0.25) is 0 Å². The highest BCUT2D eigenvalue weighted by Crippen LogP contribution is 2.34. The van der Waals surface area contributed by atoms with Gasteiger partial charge >= 0.3 is 6.16 Å². The monoisotopic (exact) mass is 382 g/mol. The van der Waals surface area contributed by atoms with Crippen molar-refractivity contribution in [2.75, 3.05) is 0 Å². The van der Waals surface area contributed by atoms with Crippen LogP contribution in [-0.2, 0) is 10.8 Å². The van der Waals surface area contributed by atoms with E-state index in [4.69, 9.17) is 9.47 Å². The average molecular weight is 382 g/mol. The largest absolute Gasteiger partial charge is 0.519 e. The van der Waals surface area contributed by atoms with Crippen molar-refractivity contribution in [3.8, 4) is 11.5 Å². The maximum atomic E-state index is 12.5. The van der Waals surface area contributed by atoms with Crippen LogP contribution in [0.5, 0.6) is 11.5 Å². The van der Waals surface area contributed by atoms with E-state index in [1.165, 1.54) is 0 Å². The van der Waals surface area contributed by atoms with Crippen molar-refractivity contribution >= 4 is 18.7 Å². The van der Waals surface area contributed by atoms with Crippen molar-refractivity contribution in [3.63, 3.8) is 0 Å². The first-order chi connectivity index (χ1) is 13.0. The second-order valence-corrected chi connectivity index (χ2v) is 8.70. The summed E-state index contributed by atoms with van der Waals surface area (Å²) in [5.74, 6) is 0.676. The Morgan fingerprint density at radius 2 is 1.07 bits per heavy atom. The third-order valence-corrected chi connectivity index (χ3v) is 4.28. The number of carbonyl (C=O) groups is 3. The van der Waals surface area contributed by atoms with E-state index in [2.05, 4.69) is 0 Å². The molecule has 0 radical (unpaired) electrons. The van der Waals surface area contributed by atoms with Crippen LogP contribution in [0.25, 0.3) is 0 Å². The SMILES string of the molecule is CC(C)(C)c1cc(C=O)ccc1OC(=O)Oc1ccc(C=O)cc1C(C)(C)C. The van der Waals surface area contributed by atoms with Gasteiger partial charge < -0.3 is 9.47 Å². The van der Waals surface area contributed by atoms with Crippen molar-refractivity contribution in [1.82, 2.24) is 0 Å². The van der Waals surface area contributed by atoms with E-state index in [0.29, 0.717) is 22.6 Å². The van der Waals surface area contributed by atoms with E-state index in [1.54, 1.807) is 36.4 Å². The Morgan fingerprint density at radius 1 is 0.714 bits per heavy atom. The fraction of sp³-hybridized carbons (Fsp3) is 0.348. The Morgan fingerprint density at radius 3 is 1.36 bits per heavy atom. The minimum Gasteiger partial charge on any atom is -0.394 e. The summed E-state index contributed by atoms with van der Waals surface area (Å²) in [7, 11) is 0. The number of aldehydes is 2. The Balaban J connectivity index is 2.33. The van der Waals surface area contributed by atoms with E-state index in [1.807, 2.05) is 41.5 Å². The van der Waals surface area contributed by atoms with Crippen molar-refractivity contribution in [2.24, 2.45) is 0 Å². The van der Waals surface area contributed by atoms with Gasteiger partial charge in [-0.05, 0) is 47.2 Å². The molecule has 2 aromatic rings. The molecule has 0 heterocycles. The van der Waals surface area contributed by atoms with Crippen LogP contribution in [-0.4, -0.2) is 18.7 Å². The van der Waals surface area contributed by atoms with Gasteiger partial charge in [-0.3, -0.25) is 9.59 Å². The van der Waals surface area contributed by atoms with Gasteiger partial charge in [-0.2, -0.15) is 0 Å². The molecule has 0 spiro atoms. The van der Waals surface area contributed by atoms with Crippen LogP contribution in [0.1, 0.15) is 73.4 Å². The average Bonchev–Trinajstić information content (AvgIpc) is 2.60. The lowest BCUT2D eigenvalue weighted by molar-refractivity contribution is 0.111. The van der Waals surface area contributed by atoms with Crippen molar-refractivity contribution in [3.05, 3.63) is 58.7 Å². The molecule has 0 aliphatic carbocycles. The van der Waals surface area contributed by atoms with Crippen LogP contribution in [0, 0.1) is 0 Å². The maximum absolute atomic E-state index is 12.5. The quantitative estimate of drug-likeness (QED) is 0.398. The van der Waals surface area contributed by atoms with Crippen molar-refractivity contribution in [1.29, 1.82) is 0 Å². The predicted molar refractivity (Wildman–Crippen MR) is 108 cm³/mol. The van der Waals surface area contributed by atoms with E-state index >= 15 is 0 Å². The molecule has 0 N–H and O–H groups in total. The van der Waals surface area contributed by atoms with Gasteiger partial charge in [0.2, 0.25) is 0 Å². The molecule has 0 saturated carbocycles. The first-order valence-electron chi connectivity index (χ1n) is 9.05. The summed E-state index contributed by atoms with van der Waals surface area (Å²) in [6.07, 6.45) is 0.622. The van der Waals surface area contributed by atoms with Crippen LogP contribution < -0.4 is 9.47 Å². The van der Waals surface area contributed by atoms with Gasteiger partial charge in [0.15, 0.2) is 0 Å². The van der Waals surface area contributed by atoms with Gasteiger partial charge in [-0.1, -0.05) is 41.5 Å². The first-order valence-corrected chi connectivity index (χ1v) is 9.05. The molecule has 0 unspecified atom stereocenters. The molecular weight excluding hydrogens is 356 g/mol. The van der Waals surface area contributed by atoms with Crippen molar-refractivity contribution < 1.29 is 23.9 Å². The lowest BCUT2D eigenvalue weighted by Crippen LogP contribution is -2.21. The van der Waals surface area contributed by atoms with Gasteiger partial charge in [0, 0.05) is 22.3 Å². The summed E-state index contributed by atoms with van der Waals surface area (Å²) in [5, 5.41) is 0. The smallest absolute Gasteiger partial charge is 0.394 e. The van der Waals surface area contributed by atoms with Gasteiger partial charge in [0.1, 0.15) is 24.1 Å². The Kier molecular flexibility index (Phi) is 6.07. The molecule has 2 rings (SSSR count). The number of rotatable bonds is 4. The normalized spacial score (nSPS) is 11.6. The lowest BCUT2D eigenvalue weighted by atomic mass is 9.85. The van der Waals surface area contributed by atoms with Crippen LogP contribution in [0.15, 0.2) is 36.4 Å². The molecule has 28 heavy (non-hydrogen) atoms. The predicted octanol–water partition coefficient (Wildman–Crippen LogP) is 5.48. The summed E-state index contributed by atoms with van der Waals surface area (Å²) < 4.78 is 10.9.